The quantitative estimate of drug-likeness (QED) is 0.748. The van der Waals surface area contributed by atoms with E-state index < -0.39 is 0 Å². The summed E-state index contributed by atoms with van der Waals surface area (Å²) in [6.07, 6.45) is 8.03. The fraction of sp³-hybridized carbons (Fsp3) is 0.895. The summed E-state index contributed by atoms with van der Waals surface area (Å²) in [4.78, 5) is 24.4. The van der Waals surface area contributed by atoms with Gasteiger partial charge in [-0.15, -0.1) is 0 Å². The summed E-state index contributed by atoms with van der Waals surface area (Å²) in [5.74, 6) is 2.57. The minimum atomic E-state index is -0.247. The third kappa shape index (κ3) is 1.24. The topological polar surface area (TPSA) is 54.4 Å². The maximum atomic E-state index is 12.4. The molecule has 120 valence electrons. The lowest BCUT2D eigenvalue weighted by molar-refractivity contribution is -0.134. The predicted molar refractivity (Wildman–Crippen MR) is 81.0 cm³/mol. The van der Waals surface area contributed by atoms with Gasteiger partial charge in [-0.05, 0) is 56.3 Å². The number of hydrogen-bond donors (Lipinski definition) is 1. The molecular formula is C19H26O3. The highest BCUT2D eigenvalue weighted by Crippen LogP contribution is 2.82. The van der Waals surface area contributed by atoms with Gasteiger partial charge in [0.2, 0.25) is 0 Å². The number of carbonyl (C=O) groups excluding carboxylic acids is 2. The number of ketones is 2. The summed E-state index contributed by atoms with van der Waals surface area (Å²) in [7, 11) is 0. The molecule has 5 aliphatic carbocycles. The number of rotatable bonds is 0. The van der Waals surface area contributed by atoms with Crippen LogP contribution >= 0.6 is 0 Å². The van der Waals surface area contributed by atoms with Crippen LogP contribution in [-0.2, 0) is 9.59 Å². The average molecular weight is 302 g/mol. The maximum absolute atomic E-state index is 12.4. The molecule has 5 fully saturated rings. The van der Waals surface area contributed by atoms with E-state index in [1.54, 1.807) is 0 Å². The summed E-state index contributed by atoms with van der Waals surface area (Å²) in [6.45, 7) is 2.20. The standard InChI is InChI=1S/C19H26O3/c1-17-7-6-14-12(13(17)2-3-15(17)21)5-8-18-10-11(20)4-9-19(14,18)16(18)22/h12-14,16,22H,2-10H2,1H3/t12-,13-,14-,16+,17-,18+,19+/m0/s1. The lowest BCUT2D eigenvalue weighted by Gasteiger charge is -2.53. The molecule has 0 saturated heterocycles. The molecule has 22 heavy (non-hydrogen) atoms. The molecule has 5 aliphatic rings. The predicted octanol–water partition coefficient (Wildman–Crippen LogP) is 2.89. The van der Waals surface area contributed by atoms with E-state index in [9.17, 15) is 14.7 Å². The van der Waals surface area contributed by atoms with Crippen LogP contribution in [0.5, 0.6) is 0 Å². The van der Waals surface area contributed by atoms with Crippen LogP contribution in [0.25, 0.3) is 0 Å². The summed E-state index contributed by atoms with van der Waals surface area (Å²) in [5.41, 5.74) is -0.112. The Labute approximate surface area is 131 Å². The van der Waals surface area contributed by atoms with Gasteiger partial charge >= 0.3 is 0 Å². The van der Waals surface area contributed by atoms with Gasteiger partial charge in [0.1, 0.15) is 11.6 Å². The number of aliphatic hydroxyl groups excluding tert-OH is 1. The van der Waals surface area contributed by atoms with Crippen LogP contribution in [0.3, 0.4) is 0 Å². The lowest BCUT2D eigenvalue weighted by atomic mass is 9.50. The normalized spacial score (nSPS) is 59.4. The molecule has 3 nitrogen and oxygen atoms in total. The lowest BCUT2D eigenvalue weighted by Crippen LogP contribution is -2.49. The molecule has 5 saturated carbocycles. The molecule has 7 atom stereocenters. The van der Waals surface area contributed by atoms with Crippen molar-refractivity contribution in [2.45, 2.75) is 70.8 Å². The van der Waals surface area contributed by atoms with Crippen molar-refractivity contribution >= 4 is 11.6 Å². The van der Waals surface area contributed by atoms with Gasteiger partial charge in [0.25, 0.3) is 0 Å². The number of hydrogen-bond acceptors (Lipinski definition) is 3. The van der Waals surface area contributed by atoms with Crippen LogP contribution in [0, 0.1) is 34.0 Å². The molecule has 1 N–H and O–H groups in total. The van der Waals surface area contributed by atoms with Gasteiger partial charge in [-0.2, -0.15) is 0 Å². The third-order valence-corrected chi connectivity index (χ3v) is 8.92. The SMILES string of the molecule is C[C@]12CC[C@H]3[C@@H](CC[C@]45CC(=O)CC[C@]34[C@@H]5O)[C@@H]1CCC2=O. The van der Waals surface area contributed by atoms with Gasteiger partial charge in [-0.25, -0.2) is 0 Å². The van der Waals surface area contributed by atoms with E-state index in [0.29, 0.717) is 42.2 Å². The molecule has 0 heterocycles. The summed E-state index contributed by atoms with van der Waals surface area (Å²) in [6, 6.07) is 0. The van der Waals surface area contributed by atoms with Crippen LogP contribution in [0.4, 0.5) is 0 Å². The smallest absolute Gasteiger partial charge is 0.139 e. The van der Waals surface area contributed by atoms with Crippen molar-refractivity contribution in [3.05, 3.63) is 0 Å². The van der Waals surface area contributed by atoms with Crippen LogP contribution in [0.1, 0.15) is 64.7 Å². The molecule has 0 spiro atoms. The Hall–Kier alpha value is -0.700. The number of Topliss-reactive ketones (excluding diaryl/α,β-unsaturated/α-hetero) is 2. The second kappa shape index (κ2) is 3.85. The van der Waals surface area contributed by atoms with E-state index in [1.165, 1.54) is 0 Å². The molecule has 3 heteroatoms. The van der Waals surface area contributed by atoms with Crippen molar-refractivity contribution in [3.63, 3.8) is 0 Å². The molecule has 0 aromatic rings. The summed E-state index contributed by atoms with van der Waals surface area (Å²) >= 11 is 0. The van der Waals surface area contributed by atoms with Crippen molar-refractivity contribution in [1.82, 2.24) is 0 Å². The van der Waals surface area contributed by atoms with Crippen LogP contribution in [0.2, 0.25) is 0 Å². The number of aliphatic hydroxyl groups is 1. The van der Waals surface area contributed by atoms with Crippen molar-refractivity contribution in [1.29, 1.82) is 0 Å². The first kappa shape index (κ1) is 13.7. The monoisotopic (exact) mass is 302 g/mol. The van der Waals surface area contributed by atoms with E-state index in [-0.39, 0.29) is 22.3 Å². The van der Waals surface area contributed by atoms with E-state index in [2.05, 4.69) is 6.92 Å². The highest BCUT2D eigenvalue weighted by atomic mass is 16.3. The highest BCUT2D eigenvalue weighted by Gasteiger charge is 2.82. The van der Waals surface area contributed by atoms with E-state index in [4.69, 9.17) is 0 Å². The van der Waals surface area contributed by atoms with Crippen LogP contribution < -0.4 is 0 Å². The van der Waals surface area contributed by atoms with Crippen LogP contribution in [0.15, 0.2) is 0 Å². The van der Waals surface area contributed by atoms with Gasteiger partial charge in [0.15, 0.2) is 0 Å². The second-order valence-corrected chi connectivity index (χ2v) is 9.15. The molecule has 0 bridgehead atoms. The first-order valence-electron chi connectivity index (χ1n) is 9.19. The van der Waals surface area contributed by atoms with Crippen molar-refractivity contribution in [2.24, 2.45) is 34.0 Å². The summed E-state index contributed by atoms with van der Waals surface area (Å²) < 4.78 is 0. The Morgan fingerprint density at radius 3 is 2.64 bits per heavy atom. The Bertz CT molecular complexity index is 583. The average Bonchev–Trinajstić information content (AvgIpc) is 2.89. The molecule has 0 amide bonds. The minimum Gasteiger partial charge on any atom is -0.392 e. The van der Waals surface area contributed by atoms with E-state index >= 15 is 0 Å². The fourth-order valence-electron chi connectivity index (χ4n) is 7.84. The molecule has 0 aromatic carbocycles. The van der Waals surface area contributed by atoms with Gasteiger partial charge in [-0.1, -0.05) is 6.92 Å². The number of carbonyl (C=O) groups is 2. The van der Waals surface area contributed by atoms with Gasteiger partial charge in [0, 0.05) is 35.5 Å². The molecule has 0 aromatic heterocycles. The van der Waals surface area contributed by atoms with Gasteiger partial charge in [0.05, 0.1) is 6.10 Å². The molecule has 0 aliphatic heterocycles. The maximum Gasteiger partial charge on any atom is 0.139 e. The first-order valence-corrected chi connectivity index (χ1v) is 9.19. The fourth-order valence-corrected chi connectivity index (χ4v) is 7.84. The zero-order chi connectivity index (χ0) is 15.3. The highest BCUT2D eigenvalue weighted by molar-refractivity contribution is 5.87. The Kier molecular flexibility index (Phi) is 2.40. The molecule has 0 unspecified atom stereocenters. The zero-order valence-electron chi connectivity index (χ0n) is 13.4. The van der Waals surface area contributed by atoms with Crippen LogP contribution in [-0.4, -0.2) is 22.8 Å². The Morgan fingerprint density at radius 1 is 1.00 bits per heavy atom. The molecule has 5 rings (SSSR count). The van der Waals surface area contributed by atoms with E-state index in [1.807, 2.05) is 0 Å². The summed E-state index contributed by atoms with van der Waals surface area (Å²) in [5, 5.41) is 10.9. The minimum absolute atomic E-state index is 0.0385. The largest absolute Gasteiger partial charge is 0.392 e. The molecule has 0 radical (unpaired) electrons. The van der Waals surface area contributed by atoms with Crippen molar-refractivity contribution in [3.8, 4) is 0 Å². The number of fused-ring (bicyclic) bond motifs is 3. The van der Waals surface area contributed by atoms with Gasteiger partial charge < -0.3 is 5.11 Å². The van der Waals surface area contributed by atoms with Crippen molar-refractivity contribution < 1.29 is 14.7 Å². The Morgan fingerprint density at radius 2 is 1.82 bits per heavy atom. The molecular weight excluding hydrogens is 276 g/mol. The van der Waals surface area contributed by atoms with Gasteiger partial charge in [-0.3, -0.25) is 9.59 Å². The second-order valence-electron chi connectivity index (χ2n) is 9.15. The zero-order valence-corrected chi connectivity index (χ0v) is 13.4. The third-order valence-electron chi connectivity index (χ3n) is 8.92. The Balaban J connectivity index is 1.53. The van der Waals surface area contributed by atoms with Crippen molar-refractivity contribution in [2.75, 3.05) is 0 Å². The van der Waals surface area contributed by atoms with E-state index in [0.717, 1.165) is 44.9 Å². The first-order chi connectivity index (χ1) is 10.5.